The molecule has 6 saturated heterocycles. The fourth-order valence-electron chi connectivity index (χ4n) is 12.2. The van der Waals surface area contributed by atoms with Crippen molar-refractivity contribution in [1.82, 2.24) is 52.8 Å². The van der Waals surface area contributed by atoms with Crippen LogP contribution in [0, 0.1) is 5.92 Å². The van der Waals surface area contributed by atoms with Crippen LogP contribution in [0.3, 0.4) is 0 Å². The van der Waals surface area contributed by atoms with Crippen LogP contribution < -0.4 is 64.1 Å². The van der Waals surface area contributed by atoms with E-state index in [-0.39, 0.29) is 30.2 Å². The Balaban J connectivity index is 1.09. The topological polar surface area (TPSA) is 601 Å². The highest BCUT2D eigenvalue weighted by atomic mass is 16.7. The van der Waals surface area contributed by atoms with Gasteiger partial charge in [0.15, 0.2) is 12.4 Å². The molecule has 6 heterocycles. The van der Waals surface area contributed by atoms with Crippen LogP contribution in [0.4, 0.5) is 0 Å². The summed E-state index contributed by atoms with van der Waals surface area (Å²) in [4.78, 5) is 101. The van der Waals surface area contributed by atoms with Crippen LogP contribution in [0.25, 0.3) is 0 Å². The molecule has 542 valence electrons. The molecule has 97 heavy (non-hydrogen) atoms. The van der Waals surface area contributed by atoms with Crippen LogP contribution in [0.15, 0.2) is 54.6 Å². The van der Waals surface area contributed by atoms with E-state index in [2.05, 4.69) is 47.9 Å². The third-order valence-electron chi connectivity index (χ3n) is 17.7. The Morgan fingerprint density at radius 1 is 0.598 bits per heavy atom. The lowest BCUT2D eigenvalue weighted by Crippen LogP contribution is -2.70. The zero-order valence-corrected chi connectivity index (χ0v) is 52.9. The van der Waals surface area contributed by atoms with Crippen molar-refractivity contribution in [3.05, 3.63) is 65.7 Å². The second-order valence-corrected chi connectivity index (χ2v) is 25.0. The van der Waals surface area contributed by atoms with E-state index >= 15 is 9.59 Å². The van der Waals surface area contributed by atoms with Gasteiger partial charge in [-0.05, 0) is 29.2 Å². The Morgan fingerprint density at radius 3 is 1.84 bits per heavy atom. The number of nitrogens with one attached hydrogen (secondary N) is 9. The van der Waals surface area contributed by atoms with E-state index in [0.717, 1.165) is 4.90 Å². The van der Waals surface area contributed by atoms with Gasteiger partial charge in [0.2, 0.25) is 41.7 Å². The highest BCUT2D eigenvalue weighted by Gasteiger charge is 2.55. The van der Waals surface area contributed by atoms with Crippen molar-refractivity contribution in [3.8, 4) is 5.75 Å². The predicted molar refractivity (Wildman–Crippen MR) is 325 cm³/mol. The lowest BCUT2D eigenvalue weighted by molar-refractivity contribution is -0.353. The molecule has 0 aliphatic carbocycles. The molecule has 0 spiro atoms. The van der Waals surface area contributed by atoms with Crippen LogP contribution in [-0.4, -0.2) is 318 Å². The number of ether oxygens (including phenoxy) is 6. The molecule has 6 amide bonds. The molecule has 0 saturated carbocycles. The molecule has 8 rings (SSSR count). The summed E-state index contributed by atoms with van der Waals surface area (Å²) in [6, 6.07) is 1.16. The molecule has 0 radical (unpaired) electrons. The standard InChI is InChI=1S/C59H90N12O26/c1-22(2)13-35(77)96-49-42(81)32(20-74)94-57(47(49)86)97-48-33(21-75)95-56(46(85)44(48)83)92-26-11-9-24(10-12-26)14-27-51(88)69-37(39(78)28-15-63-58(60)67-28)54(91)70-38(40(79)30-16-64-59(61)71(30)55-45(84)43(82)41(80)31(19-73)93-55)53(90)66-29(18-72)50(87)62-17-34(76)68-36(52(89)65-27)23(3)25-7-5-4-6-8-25/h4-12,22-23,27-33,36-49,55-59,63-64,67,72-75,78-86H,13-21,60-61H2,1-3H3,(H,62,87)(H,65,89)(H,66,90)(H,68,76)(H,69,88)(H,70,91)/t23-,27+,28-,29-,30-,31+,32+,33+,36-,37-,38+,39-,40-,41+,42+,43-,44+,45-,46-,47-,48+,49-,55-,56-,57+,58?,59?/m0/s1. The van der Waals surface area contributed by atoms with E-state index in [1.807, 2.05) is 0 Å². The minimum absolute atomic E-state index is 0.0776. The summed E-state index contributed by atoms with van der Waals surface area (Å²) in [5.74, 6) is -9.17. The van der Waals surface area contributed by atoms with Crippen LogP contribution in [0.1, 0.15) is 44.2 Å². The Bertz CT molecular complexity index is 2970. The first-order valence-electron chi connectivity index (χ1n) is 31.6. The summed E-state index contributed by atoms with van der Waals surface area (Å²) < 4.78 is 34.2. The molecule has 0 aromatic heterocycles. The van der Waals surface area contributed by atoms with E-state index in [0.29, 0.717) is 5.56 Å². The van der Waals surface area contributed by atoms with Gasteiger partial charge >= 0.3 is 5.97 Å². The second-order valence-electron chi connectivity index (χ2n) is 25.0. The fraction of sp³-hybridized carbons (Fsp3) is 0.678. The molecule has 6 aliphatic rings. The number of carbonyl (C=O) groups is 7. The number of nitrogens with zero attached hydrogens (tertiary/aromatic N) is 1. The van der Waals surface area contributed by atoms with E-state index in [4.69, 9.17) is 39.9 Å². The minimum Gasteiger partial charge on any atom is -0.462 e. The summed E-state index contributed by atoms with van der Waals surface area (Å²) in [5.41, 5.74) is 13.1. The number of benzene rings is 2. The monoisotopic (exact) mass is 1380 g/mol. The maximum atomic E-state index is 15.2. The Kier molecular flexibility index (Phi) is 26.9. The largest absolute Gasteiger partial charge is 0.462 e. The van der Waals surface area contributed by atoms with Crippen LogP contribution >= 0.6 is 0 Å². The maximum absolute atomic E-state index is 15.2. The molecule has 6 aliphatic heterocycles. The molecule has 38 nitrogen and oxygen atoms in total. The second kappa shape index (κ2) is 34.1. The SMILES string of the molecule is CC(C)CC(=O)O[C@@H]1[C@H](O)[C@@H](O[C@H]2[C@H](O)[C@H](O)[C@@H](Oc3ccc(C[C@H]4NC(=O)[C@H]([C@@H](C)c5ccccc5)NC(=O)CNC(=O)[C@H](CO)NC(=O)[C@@H]([C@@H](O)[C@@H]5CNC(N)N5[C@H]5O[C@H](CO)[C@@H](O)[C@H](O)[C@@H]5O)NC(=O)[C@H]([C@@H](O)[C@@H]5CNC(N)N5)NC4=O)cc3)O[C@@H]2CO)O[C@H](CO)[C@H]1O. The smallest absolute Gasteiger partial charge is 0.306 e. The van der Waals surface area contributed by atoms with E-state index in [9.17, 15) is 90.4 Å². The van der Waals surface area contributed by atoms with Gasteiger partial charge in [-0.2, -0.15) is 0 Å². The summed E-state index contributed by atoms with van der Waals surface area (Å²) >= 11 is 0. The summed E-state index contributed by atoms with van der Waals surface area (Å²) in [5, 5.41) is 166. The van der Waals surface area contributed by atoms with Gasteiger partial charge < -0.3 is 138 Å². The van der Waals surface area contributed by atoms with Crippen molar-refractivity contribution < 1.29 is 128 Å². The molecule has 27 atom stereocenters. The van der Waals surface area contributed by atoms with Crippen molar-refractivity contribution in [2.24, 2.45) is 17.4 Å². The molecule has 38 heteroatoms. The molecule has 26 N–H and O–H groups in total. The number of aliphatic hydroxyl groups is 13. The Labute approximate surface area is 554 Å². The summed E-state index contributed by atoms with van der Waals surface area (Å²) in [7, 11) is 0. The predicted octanol–water partition coefficient (Wildman–Crippen LogP) is -13.0. The number of hydrogen-bond acceptors (Lipinski definition) is 32. The number of aliphatic hydroxyl groups excluding tert-OH is 13. The zero-order valence-electron chi connectivity index (χ0n) is 52.9. The molecule has 0 bridgehead atoms. The lowest BCUT2D eigenvalue weighted by atomic mass is 9.92. The van der Waals surface area contributed by atoms with Crippen molar-refractivity contribution in [2.45, 2.75) is 199 Å². The fourth-order valence-corrected chi connectivity index (χ4v) is 12.2. The normalized spacial score (nSPS) is 37.9. The summed E-state index contributed by atoms with van der Waals surface area (Å²) in [6.07, 6.45) is -33.9. The molecule has 6 fully saturated rings. The van der Waals surface area contributed by atoms with Crippen molar-refractivity contribution in [1.29, 1.82) is 0 Å². The number of hydrogen-bond donors (Lipinski definition) is 24. The van der Waals surface area contributed by atoms with Gasteiger partial charge in [0, 0.05) is 31.8 Å². The molecule has 2 aromatic rings. The molecular weight excluding hydrogens is 1290 g/mol. The summed E-state index contributed by atoms with van der Waals surface area (Å²) in [6.45, 7) is -0.193. The zero-order chi connectivity index (χ0) is 70.9. The van der Waals surface area contributed by atoms with Crippen LogP contribution in [-0.2, 0) is 63.7 Å². The average molecular weight is 1380 g/mol. The maximum Gasteiger partial charge on any atom is 0.306 e. The van der Waals surface area contributed by atoms with Gasteiger partial charge in [-0.3, -0.25) is 49.5 Å². The van der Waals surface area contributed by atoms with E-state index in [1.54, 1.807) is 51.1 Å². The quantitative estimate of drug-likeness (QED) is 0.0547. The molecule has 2 aromatic carbocycles. The van der Waals surface area contributed by atoms with E-state index < -0.39 is 252 Å². The van der Waals surface area contributed by atoms with Crippen molar-refractivity contribution in [2.75, 3.05) is 46.1 Å². The molecular formula is C59H90N12O26. The Hall–Kier alpha value is -6.39. The first-order valence-corrected chi connectivity index (χ1v) is 31.6. The average Bonchev–Trinajstić information content (AvgIpc) is 1.76. The number of amides is 6. The van der Waals surface area contributed by atoms with Gasteiger partial charge in [-0.15, -0.1) is 0 Å². The van der Waals surface area contributed by atoms with Crippen LogP contribution in [0.5, 0.6) is 5.75 Å². The van der Waals surface area contributed by atoms with Gasteiger partial charge in [0.1, 0.15) is 128 Å². The minimum atomic E-state index is -2.31. The van der Waals surface area contributed by atoms with Crippen LogP contribution in [0.2, 0.25) is 0 Å². The van der Waals surface area contributed by atoms with Crippen molar-refractivity contribution >= 4 is 41.4 Å². The van der Waals surface area contributed by atoms with Gasteiger partial charge in [-0.25, -0.2) is 4.90 Å². The van der Waals surface area contributed by atoms with Gasteiger partial charge in [0.05, 0.1) is 51.2 Å². The van der Waals surface area contributed by atoms with Crippen molar-refractivity contribution in [3.63, 3.8) is 0 Å². The Morgan fingerprint density at radius 2 is 1.21 bits per heavy atom. The highest BCUT2D eigenvalue weighted by molar-refractivity contribution is 5.98. The number of carbonyl (C=O) groups excluding carboxylic acids is 7. The number of rotatable bonds is 20. The number of esters is 1. The van der Waals surface area contributed by atoms with Gasteiger partial charge in [-0.1, -0.05) is 63.2 Å². The first kappa shape index (κ1) is 76.4. The molecule has 2 unspecified atom stereocenters. The first-order chi connectivity index (χ1) is 46.1. The van der Waals surface area contributed by atoms with Gasteiger partial charge in [0.25, 0.3) is 0 Å². The highest BCUT2D eigenvalue weighted by Crippen LogP contribution is 2.33. The third-order valence-corrected chi connectivity index (χ3v) is 17.7. The number of nitrogens with two attached hydrogens (primary N) is 2. The third kappa shape index (κ3) is 18.2. The van der Waals surface area contributed by atoms with E-state index in [1.165, 1.54) is 24.3 Å². The lowest BCUT2D eigenvalue weighted by Gasteiger charge is -2.47.